The Labute approximate surface area is 168 Å². The highest BCUT2D eigenvalue weighted by atomic mass is 127. The first-order chi connectivity index (χ1) is 11.3. The first-order valence-electron chi connectivity index (χ1n) is 8.61. The van der Waals surface area contributed by atoms with Gasteiger partial charge >= 0.3 is 0 Å². The lowest BCUT2D eigenvalue weighted by molar-refractivity contribution is -0.121. The summed E-state index contributed by atoms with van der Waals surface area (Å²) < 4.78 is 0. The molecule has 0 atom stereocenters. The van der Waals surface area contributed by atoms with Crippen molar-refractivity contribution in [3.8, 4) is 0 Å². The van der Waals surface area contributed by atoms with Gasteiger partial charge in [0, 0.05) is 19.1 Å². The summed E-state index contributed by atoms with van der Waals surface area (Å²) in [5.74, 6) is 0.647. The van der Waals surface area contributed by atoms with Crippen LogP contribution in [0.2, 0.25) is 0 Å². The molecule has 1 aromatic rings. The molecular formula is C19H31IN4O. The maximum Gasteiger partial charge on any atom is 0.239 e. The normalized spacial score (nSPS) is 15.8. The zero-order valence-electron chi connectivity index (χ0n) is 15.7. The van der Waals surface area contributed by atoms with E-state index in [1.807, 2.05) is 20.8 Å². The number of halogens is 1. The monoisotopic (exact) mass is 458 g/mol. The summed E-state index contributed by atoms with van der Waals surface area (Å²) in [6, 6.07) is 10.6. The topological polar surface area (TPSA) is 65.5 Å². The van der Waals surface area contributed by atoms with Gasteiger partial charge in [0.15, 0.2) is 5.96 Å². The van der Waals surface area contributed by atoms with Crippen LogP contribution >= 0.6 is 24.0 Å². The number of guanidine groups is 1. The molecule has 0 unspecified atom stereocenters. The molecule has 0 heterocycles. The molecule has 1 amide bonds. The Morgan fingerprint density at radius 3 is 2.32 bits per heavy atom. The lowest BCUT2D eigenvalue weighted by Gasteiger charge is -2.22. The molecule has 1 fully saturated rings. The SMILES string of the molecule is CN=C(NCC(=O)NC(C)(C)C)NCC1(Cc2ccccc2)CC1.I. The molecule has 3 N–H and O–H groups in total. The number of nitrogens with one attached hydrogen (secondary N) is 3. The van der Waals surface area contributed by atoms with Crippen LogP contribution in [0, 0.1) is 5.41 Å². The Bertz CT molecular complexity index is 577. The van der Waals surface area contributed by atoms with Gasteiger partial charge in [-0.05, 0) is 51.0 Å². The van der Waals surface area contributed by atoms with E-state index in [9.17, 15) is 4.79 Å². The Kier molecular flexibility index (Phi) is 8.18. The molecule has 25 heavy (non-hydrogen) atoms. The van der Waals surface area contributed by atoms with E-state index < -0.39 is 0 Å². The standard InChI is InChI=1S/C19H30N4O.HI/c1-18(2,3)23-16(24)13-21-17(20-4)22-14-19(10-11-19)12-15-8-6-5-7-9-15;/h5-9H,10-14H2,1-4H3,(H,23,24)(H2,20,21,22);1H. The Morgan fingerprint density at radius 2 is 1.80 bits per heavy atom. The zero-order chi connectivity index (χ0) is 17.6. The highest BCUT2D eigenvalue weighted by Crippen LogP contribution is 2.47. The second kappa shape index (κ2) is 9.40. The average molecular weight is 458 g/mol. The molecule has 0 aromatic heterocycles. The Hall–Kier alpha value is -1.31. The summed E-state index contributed by atoms with van der Waals surface area (Å²) in [7, 11) is 1.73. The fourth-order valence-corrected chi connectivity index (χ4v) is 2.74. The highest BCUT2D eigenvalue weighted by molar-refractivity contribution is 14.0. The molecule has 0 bridgehead atoms. The molecule has 5 nitrogen and oxygen atoms in total. The summed E-state index contributed by atoms with van der Waals surface area (Å²) in [4.78, 5) is 16.1. The molecule has 1 aromatic carbocycles. The molecule has 1 aliphatic rings. The fourth-order valence-electron chi connectivity index (χ4n) is 2.74. The van der Waals surface area contributed by atoms with E-state index in [0.29, 0.717) is 11.4 Å². The van der Waals surface area contributed by atoms with Crippen LogP contribution in [0.25, 0.3) is 0 Å². The highest BCUT2D eigenvalue weighted by Gasteiger charge is 2.42. The largest absolute Gasteiger partial charge is 0.356 e. The van der Waals surface area contributed by atoms with Gasteiger partial charge in [0.05, 0.1) is 6.54 Å². The molecule has 0 aliphatic heterocycles. The number of nitrogens with zero attached hydrogens (tertiary/aromatic N) is 1. The van der Waals surface area contributed by atoms with Crippen LogP contribution in [-0.2, 0) is 11.2 Å². The van der Waals surface area contributed by atoms with Gasteiger partial charge in [-0.1, -0.05) is 30.3 Å². The maximum atomic E-state index is 11.9. The number of carbonyl (C=O) groups is 1. The first kappa shape index (κ1) is 21.7. The van der Waals surface area contributed by atoms with Gasteiger partial charge in [-0.25, -0.2) is 0 Å². The van der Waals surface area contributed by atoms with Crippen molar-refractivity contribution >= 4 is 35.8 Å². The molecule has 0 spiro atoms. The van der Waals surface area contributed by atoms with Crippen LogP contribution in [0.3, 0.4) is 0 Å². The summed E-state index contributed by atoms with van der Waals surface area (Å²) in [6.45, 7) is 7.01. The van der Waals surface area contributed by atoms with Gasteiger partial charge in [0.25, 0.3) is 0 Å². The van der Waals surface area contributed by atoms with E-state index in [-0.39, 0.29) is 42.0 Å². The molecule has 2 rings (SSSR count). The van der Waals surface area contributed by atoms with E-state index in [0.717, 1.165) is 13.0 Å². The van der Waals surface area contributed by atoms with Crippen LogP contribution < -0.4 is 16.0 Å². The van der Waals surface area contributed by atoms with Crippen LogP contribution in [0.4, 0.5) is 0 Å². The average Bonchev–Trinajstić information content (AvgIpc) is 3.26. The molecule has 1 saturated carbocycles. The predicted octanol–water partition coefficient (Wildman–Crippen LogP) is 2.71. The second-order valence-corrected chi connectivity index (χ2v) is 7.74. The van der Waals surface area contributed by atoms with Gasteiger partial charge in [0.2, 0.25) is 5.91 Å². The fraction of sp³-hybridized carbons (Fsp3) is 0.579. The molecule has 0 radical (unpaired) electrons. The van der Waals surface area contributed by atoms with Crippen molar-refractivity contribution in [3.63, 3.8) is 0 Å². The molecule has 0 saturated heterocycles. The number of benzene rings is 1. The number of hydrogen-bond acceptors (Lipinski definition) is 2. The van der Waals surface area contributed by atoms with E-state index >= 15 is 0 Å². The predicted molar refractivity (Wildman–Crippen MR) is 114 cm³/mol. The van der Waals surface area contributed by atoms with Crippen LogP contribution in [-0.4, -0.2) is 37.5 Å². The van der Waals surface area contributed by atoms with E-state index in [1.54, 1.807) is 7.05 Å². The van der Waals surface area contributed by atoms with Crippen LogP contribution in [0.15, 0.2) is 35.3 Å². The molecule has 6 heteroatoms. The minimum Gasteiger partial charge on any atom is -0.356 e. The lowest BCUT2D eigenvalue weighted by Crippen LogP contribution is -2.48. The summed E-state index contributed by atoms with van der Waals surface area (Å²) >= 11 is 0. The van der Waals surface area contributed by atoms with E-state index in [4.69, 9.17) is 0 Å². The Balaban J connectivity index is 0.00000312. The summed E-state index contributed by atoms with van der Waals surface area (Å²) in [5.41, 5.74) is 1.49. The minimum atomic E-state index is -0.219. The number of hydrogen-bond donors (Lipinski definition) is 3. The van der Waals surface area contributed by atoms with Crippen molar-refractivity contribution in [1.29, 1.82) is 0 Å². The van der Waals surface area contributed by atoms with Crippen molar-refractivity contribution in [3.05, 3.63) is 35.9 Å². The number of aliphatic imine (C=N–C) groups is 1. The first-order valence-corrected chi connectivity index (χ1v) is 8.61. The molecular weight excluding hydrogens is 427 g/mol. The maximum absolute atomic E-state index is 11.9. The third-order valence-corrected chi connectivity index (χ3v) is 4.16. The second-order valence-electron chi connectivity index (χ2n) is 7.74. The zero-order valence-corrected chi connectivity index (χ0v) is 18.0. The smallest absolute Gasteiger partial charge is 0.239 e. The number of carbonyl (C=O) groups excluding carboxylic acids is 1. The molecule has 140 valence electrons. The van der Waals surface area contributed by atoms with Gasteiger partial charge in [-0.2, -0.15) is 0 Å². The third kappa shape index (κ3) is 8.07. The summed E-state index contributed by atoms with van der Waals surface area (Å²) in [5, 5.41) is 9.38. The van der Waals surface area contributed by atoms with Gasteiger partial charge in [0.1, 0.15) is 0 Å². The van der Waals surface area contributed by atoms with Crippen molar-refractivity contribution in [2.45, 2.75) is 45.6 Å². The number of amides is 1. The Morgan fingerprint density at radius 1 is 1.16 bits per heavy atom. The lowest BCUT2D eigenvalue weighted by atomic mass is 9.96. The van der Waals surface area contributed by atoms with Crippen molar-refractivity contribution in [2.24, 2.45) is 10.4 Å². The molecule has 1 aliphatic carbocycles. The van der Waals surface area contributed by atoms with Crippen molar-refractivity contribution < 1.29 is 4.79 Å². The van der Waals surface area contributed by atoms with Gasteiger partial charge in [-0.3, -0.25) is 9.79 Å². The quantitative estimate of drug-likeness (QED) is 0.349. The van der Waals surface area contributed by atoms with Crippen molar-refractivity contribution in [1.82, 2.24) is 16.0 Å². The van der Waals surface area contributed by atoms with Crippen LogP contribution in [0.5, 0.6) is 0 Å². The summed E-state index contributed by atoms with van der Waals surface area (Å²) in [6.07, 6.45) is 3.55. The van der Waals surface area contributed by atoms with Crippen LogP contribution in [0.1, 0.15) is 39.2 Å². The van der Waals surface area contributed by atoms with E-state index in [2.05, 4.69) is 51.3 Å². The van der Waals surface area contributed by atoms with Gasteiger partial charge in [-0.15, -0.1) is 24.0 Å². The third-order valence-electron chi connectivity index (χ3n) is 4.16. The van der Waals surface area contributed by atoms with Gasteiger partial charge < -0.3 is 16.0 Å². The van der Waals surface area contributed by atoms with E-state index in [1.165, 1.54) is 18.4 Å². The minimum absolute atomic E-state index is 0. The van der Waals surface area contributed by atoms with Crippen molar-refractivity contribution in [2.75, 3.05) is 20.1 Å². The number of rotatable bonds is 6.